The van der Waals surface area contributed by atoms with Gasteiger partial charge in [0.25, 0.3) is 0 Å². The fourth-order valence-corrected chi connectivity index (χ4v) is 5.15. The summed E-state index contributed by atoms with van der Waals surface area (Å²) in [5, 5.41) is 0. The number of furan rings is 1. The first-order valence-corrected chi connectivity index (χ1v) is 8.42. The van der Waals surface area contributed by atoms with E-state index in [0.29, 0.717) is 24.0 Å². The fourth-order valence-electron chi connectivity index (χ4n) is 5.15. The van der Waals surface area contributed by atoms with E-state index in [1.807, 2.05) is 6.26 Å². The van der Waals surface area contributed by atoms with E-state index >= 15 is 0 Å². The van der Waals surface area contributed by atoms with Gasteiger partial charge in [0.15, 0.2) is 0 Å². The van der Waals surface area contributed by atoms with Gasteiger partial charge in [-0.2, -0.15) is 0 Å². The van der Waals surface area contributed by atoms with Gasteiger partial charge in [-0.15, -0.1) is 0 Å². The molecule has 1 aliphatic heterocycles. The molecule has 2 nitrogen and oxygen atoms in total. The molecule has 2 heteroatoms. The average molecular weight is 282 g/mol. The van der Waals surface area contributed by atoms with Gasteiger partial charge in [-0.1, -0.05) is 18.2 Å². The SMILES string of the molecule is C1=CCC2CC3C4=CC(c5ccoc5)CC4OC3CC2C1. The lowest BCUT2D eigenvalue weighted by Crippen LogP contribution is -2.34. The minimum absolute atomic E-state index is 0.382. The van der Waals surface area contributed by atoms with Crippen molar-refractivity contribution in [3.63, 3.8) is 0 Å². The van der Waals surface area contributed by atoms with Crippen molar-refractivity contribution in [2.75, 3.05) is 0 Å². The maximum absolute atomic E-state index is 6.44. The summed E-state index contributed by atoms with van der Waals surface area (Å²) in [5.41, 5.74) is 2.92. The Morgan fingerprint density at radius 2 is 1.86 bits per heavy atom. The molecular weight excluding hydrogens is 260 g/mol. The summed E-state index contributed by atoms with van der Waals surface area (Å²) in [6.07, 6.45) is 18.1. The first-order chi connectivity index (χ1) is 10.4. The lowest BCUT2D eigenvalue weighted by Gasteiger charge is -2.39. The molecule has 110 valence electrons. The summed E-state index contributed by atoms with van der Waals surface area (Å²) < 4.78 is 11.7. The molecule has 6 atom stereocenters. The third-order valence-corrected chi connectivity index (χ3v) is 6.22. The summed E-state index contributed by atoms with van der Waals surface area (Å²) in [5.74, 6) is 2.97. The van der Waals surface area contributed by atoms with Gasteiger partial charge in [-0.25, -0.2) is 0 Å². The van der Waals surface area contributed by atoms with Crippen LogP contribution in [-0.4, -0.2) is 12.2 Å². The van der Waals surface area contributed by atoms with Crippen molar-refractivity contribution in [3.8, 4) is 0 Å². The molecule has 0 amide bonds. The first-order valence-electron chi connectivity index (χ1n) is 8.42. The monoisotopic (exact) mass is 282 g/mol. The number of hydrogen-bond acceptors (Lipinski definition) is 2. The van der Waals surface area contributed by atoms with Gasteiger partial charge in [0.2, 0.25) is 0 Å². The van der Waals surface area contributed by atoms with Crippen LogP contribution in [0.2, 0.25) is 0 Å². The van der Waals surface area contributed by atoms with Gasteiger partial charge in [0.05, 0.1) is 24.7 Å². The van der Waals surface area contributed by atoms with Crippen molar-refractivity contribution >= 4 is 0 Å². The van der Waals surface area contributed by atoms with Gasteiger partial charge in [0.1, 0.15) is 0 Å². The molecule has 0 spiro atoms. The zero-order chi connectivity index (χ0) is 13.8. The minimum Gasteiger partial charge on any atom is -0.472 e. The highest BCUT2D eigenvalue weighted by Gasteiger charge is 2.48. The van der Waals surface area contributed by atoms with E-state index in [2.05, 4.69) is 24.3 Å². The highest BCUT2D eigenvalue weighted by molar-refractivity contribution is 5.34. The summed E-state index contributed by atoms with van der Waals surface area (Å²) in [6, 6.07) is 2.10. The summed E-state index contributed by atoms with van der Waals surface area (Å²) >= 11 is 0. The maximum atomic E-state index is 6.44. The topological polar surface area (TPSA) is 22.4 Å². The number of allylic oxidation sites excluding steroid dienone is 3. The van der Waals surface area contributed by atoms with Gasteiger partial charge in [0, 0.05) is 11.8 Å². The Balaban J connectivity index is 1.41. The smallest absolute Gasteiger partial charge is 0.0940 e. The second kappa shape index (κ2) is 4.61. The van der Waals surface area contributed by atoms with E-state index in [0.717, 1.165) is 18.3 Å². The Morgan fingerprint density at radius 3 is 2.67 bits per heavy atom. The van der Waals surface area contributed by atoms with Crippen LogP contribution in [0.3, 0.4) is 0 Å². The predicted octanol–water partition coefficient (Wildman–Crippen LogP) is 4.45. The second-order valence-electron chi connectivity index (χ2n) is 7.27. The molecule has 5 rings (SSSR count). The van der Waals surface area contributed by atoms with Crippen molar-refractivity contribution in [3.05, 3.63) is 48.0 Å². The normalized spacial score (nSPS) is 44.1. The minimum atomic E-state index is 0.382. The zero-order valence-electron chi connectivity index (χ0n) is 12.3. The van der Waals surface area contributed by atoms with Crippen LogP contribution in [0, 0.1) is 17.8 Å². The van der Waals surface area contributed by atoms with E-state index in [9.17, 15) is 0 Å². The molecule has 0 N–H and O–H groups in total. The van der Waals surface area contributed by atoms with Gasteiger partial charge in [-0.05, 0) is 61.1 Å². The Bertz CT molecular complexity index is 583. The van der Waals surface area contributed by atoms with Crippen LogP contribution in [0.1, 0.15) is 43.6 Å². The quantitative estimate of drug-likeness (QED) is 0.710. The van der Waals surface area contributed by atoms with Crippen LogP contribution < -0.4 is 0 Å². The van der Waals surface area contributed by atoms with E-state index < -0.39 is 0 Å². The van der Waals surface area contributed by atoms with Crippen molar-refractivity contribution in [2.24, 2.45) is 17.8 Å². The summed E-state index contributed by atoms with van der Waals surface area (Å²) in [6.45, 7) is 0. The summed E-state index contributed by atoms with van der Waals surface area (Å²) in [7, 11) is 0. The molecule has 3 aliphatic carbocycles. The van der Waals surface area contributed by atoms with Crippen LogP contribution in [0.15, 0.2) is 46.8 Å². The van der Waals surface area contributed by atoms with Crippen molar-refractivity contribution < 1.29 is 9.15 Å². The lowest BCUT2D eigenvalue weighted by atomic mass is 9.67. The Morgan fingerprint density at radius 1 is 1.00 bits per heavy atom. The Hall–Kier alpha value is -1.28. The van der Waals surface area contributed by atoms with Crippen LogP contribution in [0.25, 0.3) is 0 Å². The first kappa shape index (κ1) is 12.3. The standard InChI is InChI=1S/C19H22O2/c1-2-4-13-9-18-16(7-12(13)3-1)17-8-15(10-19(17)21-18)14-5-6-20-11-14/h1-2,5-6,8,11-13,15-16,18-19H,3-4,7,9-10H2. The Kier molecular flexibility index (Phi) is 2.69. The van der Waals surface area contributed by atoms with E-state index in [4.69, 9.17) is 9.15 Å². The molecule has 1 saturated heterocycles. The van der Waals surface area contributed by atoms with E-state index in [1.54, 1.807) is 11.8 Å². The van der Waals surface area contributed by atoms with E-state index in [1.165, 1.54) is 31.2 Å². The third kappa shape index (κ3) is 1.88. The van der Waals surface area contributed by atoms with Gasteiger partial charge in [-0.3, -0.25) is 0 Å². The molecule has 21 heavy (non-hydrogen) atoms. The number of rotatable bonds is 1. The van der Waals surface area contributed by atoms with Crippen LogP contribution in [0.5, 0.6) is 0 Å². The lowest BCUT2D eigenvalue weighted by molar-refractivity contribution is -0.0118. The molecule has 1 aromatic rings. The number of fused-ring (bicyclic) bond motifs is 4. The average Bonchev–Trinajstić information content (AvgIpc) is 3.20. The molecule has 1 aromatic heterocycles. The highest BCUT2D eigenvalue weighted by atomic mass is 16.5. The number of ether oxygens (including phenoxy) is 1. The summed E-state index contributed by atoms with van der Waals surface area (Å²) in [4.78, 5) is 0. The molecule has 2 fully saturated rings. The van der Waals surface area contributed by atoms with Crippen molar-refractivity contribution in [1.82, 2.24) is 0 Å². The van der Waals surface area contributed by atoms with Crippen molar-refractivity contribution in [2.45, 2.75) is 50.2 Å². The maximum Gasteiger partial charge on any atom is 0.0940 e. The van der Waals surface area contributed by atoms with Gasteiger partial charge < -0.3 is 9.15 Å². The zero-order valence-corrected chi connectivity index (χ0v) is 12.3. The second-order valence-corrected chi connectivity index (χ2v) is 7.27. The third-order valence-electron chi connectivity index (χ3n) is 6.22. The van der Waals surface area contributed by atoms with Crippen LogP contribution in [-0.2, 0) is 4.74 Å². The molecule has 2 heterocycles. The molecule has 0 radical (unpaired) electrons. The molecular formula is C19H22O2. The fraction of sp³-hybridized carbons (Fsp3) is 0.579. The molecule has 0 bridgehead atoms. The van der Waals surface area contributed by atoms with Crippen LogP contribution >= 0.6 is 0 Å². The van der Waals surface area contributed by atoms with Gasteiger partial charge >= 0.3 is 0 Å². The van der Waals surface area contributed by atoms with E-state index in [-0.39, 0.29) is 0 Å². The largest absolute Gasteiger partial charge is 0.472 e. The highest BCUT2D eigenvalue weighted by Crippen LogP contribution is 2.53. The Labute approximate surface area is 125 Å². The molecule has 4 aliphatic rings. The molecule has 6 unspecified atom stereocenters. The number of hydrogen-bond donors (Lipinski definition) is 0. The van der Waals surface area contributed by atoms with Crippen molar-refractivity contribution in [1.29, 1.82) is 0 Å². The molecule has 1 saturated carbocycles. The molecule has 0 aromatic carbocycles. The predicted molar refractivity (Wildman–Crippen MR) is 80.9 cm³/mol. The van der Waals surface area contributed by atoms with Crippen LogP contribution in [0.4, 0.5) is 0 Å².